The molecule has 4 rings (SSSR count). The molecule has 1 saturated heterocycles. The van der Waals surface area contributed by atoms with Gasteiger partial charge in [0.2, 0.25) is 17.7 Å². The monoisotopic (exact) mass is 583 g/mol. The second-order valence-corrected chi connectivity index (χ2v) is 12.5. The molecule has 9 nitrogen and oxygen atoms in total. The maximum Gasteiger partial charge on any atom is 0.471 e. The number of likely N-dealkylation sites (tertiary alicyclic amines) is 1. The molecular weight excluding hydrogens is 553 g/mol. The summed E-state index contributed by atoms with van der Waals surface area (Å²) in [4.78, 5) is 52.6. The van der Waals surface area contributed by atoms with Gasteiger partial charge in [-0.25, -0.2) is 8.78 Å². The Morgan fingerprint density at radius 1 is 1.17 bits per heavy atom. The molecule has 2 aliphatic heterocycles. The fourth-order valence-corrected chi connectivity index (χ4v) is 6.06. The maximum atomic E-state index is 14.1. The molecule has 6 atom stereocenters. The SMILES string of the molecule is CC(C)(C)C(NC(=O)C(F)(F)F)C(=O)N1C[C@H]2[C@@H]([C@H]1C(=O)N[C@H](C#N)CC1C(=O)Nc3c(F)cc(F)cc31)C2(C)C. The molecule has 41 heavy (non-hydrogen) atoms. The molecular formula is C27H30F5N5O4. The third kappa shape index (κ3) is 5.46. The van der Waals surface area contributed by atoms with E-state index in [0.29, 0.717) is 6.07 Å². The topological polar surface area (TPSA) is 131 Å². The average Bonchev–Trinajstić information content (AvgIpc) is 3.15. The largest absolute Gasteiger partial charge is 0.471 e. The molecule has 2 fully saturated rings. The minimum Gasteiger partial charge on any atom is -0.339 e. The standard InChI is InChI=1S/C27H30F5N5O4/c1-25(2,3)20(36-24(41)27(30,31)32)23(40)37-10-15-17(26(15,4)5)19(37)22(39)34-12(9-33)8-14-13-6-11(28)7-16(29)18(13)35-21(14)38/h6-7,12,14-15,17,19-20H,8,10H2,1-5H3,(H,34,39)(H,35,38)(H,36,41)/t12-,14?,15-,17-,19-,20?/m0/s1. The van der Waals surface area contributed by atoms with Gasteiger partial charge in [0.25, 0.3) is 0 Å². The number of amides is 4. The van der Waals surface area contributed by atoms with Gasteiger partial charge in [-0.1, -0.05) is 34.6 Å². The number of nitrogens with zero attached hydrogens (tertiary/aromatic N) is 2. The molecule has 4 amide bonds. The van der Waals surface area contributed by atoms with Crippen molar-refractivity contribution in [1.82, 2.24) is 15.5 Å². The number of piperidine rings is 1. The fraction of sp³-hybridized carbons (Fsp3) is 0.593. The molecule has 2 unspecified atom stereocenters. The molecule has 3 N–H and O–H groups in total. The molecule has 1 saturated carbocycles. The highest BCUT2D eigenvalue weighted by atomic mass is 19.4. The number of halogens is 5. The zero-order valence-electron chi connectivity index (χ0n) is 23.0. The first-order chi connectivity index (χ1) is 18.8. The van der Waals surface area contributed by atoms with Crippen molar-refractivity contribution in [2.45, 2.75) is 71.3 Å². The average molecular weight is 584 g/mol. The lowest BCUT2D eigenvalue weighted by atomic mass is 9.85. The second kappa shape index (κ2) is 9.95. The summed E-state index contributed by atoms with van der Waals surface area (Å²) in [5.74, 6) is -8.19. The van der Waals surface area contributed by atoms with Gasteiger partial charge in [0.1, 0.15) is 29.8 Å². The van der Waals surface area contributed by atoms with E-state index >= 15 is 0 Å². The summed E-state index contributed by atoms with van der Waals surface area (Å²) >= 11 is 0. The van der Waals surface area contributed by atoms with Crippen LogP contribution in [0.4, 0.5) is 27.6 Å². The van der Waals surface area contributed by atoms with E-state index in [1.165, 1.54) is 20.8 Å². The first-order valence-corrected chi connectivity index (χ1v) is 13.0. The first kappa shape index (κ1) is 30.2. The number of rotatable bonds is 6. The van der Waals surface area contributed by atoms with Gasteiger partial charge in [-0.2, -0.15) is 18.4 Å². The molecule has 1 aliphatic carbocycles. The smallest absolute Gasteiger partial charge is 0.339 e. The van der Waals surface area contributed by atoms with Crippen LogP contribution in [0.5, 0.6) is 0 Å². The minimum absolute atomic E-state index is 0.00325. The Labute approximate surface area is 232 Å². The van der Waals surface area contributed by atoms with Crippen molar-refractivity contribution in [2.75, 3.05) is 11.9 Å². The van der Waals surface area contributed by atoms with E-state index in [2.05, 4.69) is 10.6 Å². The molecule has 0 radical (unpaired) electrons. The molecule has 0 bridgehead atoms. The third-order valence-corrected chi connectivity index (χ3v) is 8.38. The normalized spacial score (nSPS) is 25.8. The Bertz CT molecular complexity index is 1350. The van der Waals surface area contributed by atoms with Gasteiger partial charge >= 0.3 is 12.1 Å². The number of fused-ring (bicyclic) bond motifs is 2. The zero-order chi connectivity index (χ0) is 30.8. The molecule has 0 spiro atoms. The van der Waals surface area contributed by atoms with Crippen LogP contribution in [0.3, 0.4) is 0 Å². The van der Waals surface area contributed by atoms with Crippen LogP contribution in [-0.2, 0) is 19.2 Å². The summed E-state index contributed by atoms with van der Waals surface area (Å²) < 4.78 is 67.1. The summed E-state index contributed by atoms with van der Waals surface area (Å²) in [5.41, 5.74) is -1.75. The van der Waals surface area contributed by atoms with E-state index in [4.69, 9.17) is 0 Å². The van der Waals surface area contributed by atoms with Gasteiger partial charge in [-0.3, -0.25) is 19.2 Å². The van der Waals surface area contributed by atoms with Crippen LogP contribution < -0.4 is 16.0 Å². The van der Waals surface area contributed by atoms with Crippen LogP contribution in [0, 0.1) is 45.6 Å². The second-order valence-electron chi connectivity index (χ2n) is 12.5. The summed E-state index contributed by atoms with van der Waals surface area (Å²) in [5, 5.41) is 16.3. The number of hydrogen-bond donors (Lipinski definition) is 3. The zero-order valence-corrected chi connectivity index (χ0v) is 23.0. The van der Waals surface area contributed by atoms with Crippen LogP contribution in [0.25, 0.3) is 0 Å². The van der Waals surface area contributed by atoms with E-state index in [0.717, 1.165) is 11.0 Å². The summed E-state index contributed by atoms with van der Waals surface area (Å²) in [6, 6.07) is -0.647. The molecule has 0 aromatic heterocycles. The predicted octanol–water partition coefficient (Wildman–Crippen LogP) is 2.98. The van der Waals surface area contributed by atoms with Crippen molar-refractivity contribution in [2.24, 2.45) is 22.7 Å². The fourth-order valence-electron chi connectivity index (χ4n) is 6.06. The predicted molar refractivity (Wildman–Crippen MR) is 134 cm³/mol. The molecule has 14 heteroatoms. The van der Waals surface area contributed by atoms with E-state index in [1.807, 2.05) is 19.9 Å². The van der Waals surface area contributed by atoms with Crippen molar-refractivity contribution < 1.29 is 41.1 Å². The molecule has 1 aromatic rings. The number of carbonyl (C=O) groups is 4. The van der Waals surface area contributed by atoms with Gasteiger partial charge in [0.05, 0.1) is 17.7 Å². The Morgan fingerprint density at radius 2 is 1.80 bits per heavy atom. The van der Waals surface area contributed by atoms with Gasteiger partial charge in [-0.05, 0) is 40.7 Å². The Kier molecular flexibility index (Phi) is 7.33. The van der Waals surface area contributed by atoms with Crippen LogP contribution >= 0.6 is 0 Å². The molecule has 3 aliphatic rings. The lowest BCUT2D eigenvalue weighted by molar-refractivity contribution is -0.176. The first-order valence-electron chi connectivity index (χ1n) is 13.0. The Morgan fingerprint density at radius 3 is 2.37 bits per heavy atom. The molecule has 1 aromatic carbocycles. The maximum absolute atomic E-state index is 14.1. The van der Waals surface area contributed by atoms with E-state index in [1.54, 1.807) is 5.32 Å². The highest BCUT2D eigenvalue weighted by molar-refractivity contribution is 6.03. The number of anilines is 1. The Balaban J connectivity index is 1.56. The van der Waals surface area contributed by atoms with Gasteiger partial charge in [-0.15, -0.1) is 0 Å². The summed E-state index contributed by atoms with van der Waals surface area (Å²) in [6.07, 6.45) is -5.55. The third-order valence-electron chi connectivity index (χ3n) is 8.38. The number of benzene rings is 1. The van der Waals surface area contributed by atoms with Crippen LogP contribution in [-0.4, -0.2) is 59.4 Å². The Hall–Kier alpha value is -3.76. The highest BCUT2D eigenvalue weighted by Crippen LogP contribution is 2.65. The van der Waals surface area contributed by atoms with Crippen molar-refractivity contribution in [3.05, 3.63) is 29.3 Å². The summed E-state index contributed by atoms with van der Waals surface area (Å²) in [6.45, 7) is 8.23. The number of carbonyl (C=O) groups excluding carboxylic acids is 4. The van der Waals surface area contributed by atoms with E-state index in [9.17, 15) is 46.4 Å². The van der Waals surface area contributed by atoms with Crippen LogP contribution in [0.1, 0.15) is 52.5 Å². The number of nitriles is 1. The quantitative estimate of drug-likeness (QED) is 0.444. The van der Waals surface area contributed by atoms with E-state index in [-0.39, 0.29) is 41.5 Å². The van der Waals surface area contributed by atoms with Crippen molar-refractivity contribution in [3.63, 3.8) is 0 Å². The lowest BCUT2D eigenvalue weighted by Crippen LogP contribution is -2.61. The van der Waals surface area contributed by atoms with Crippen molar-refractivity contribution >= 4 is 29.3 Å². The number of hydrogen-bond acceptors (Lipinski definition) is 5. The van der Waals surface area contributed by atoms with Gasteiger partial charge in [0.15, 0.2) is 0 Å². The highest BCUT2D eigenvalue weighted by Gasteiger charge is 2.70. The number of nitrogens with one attached hydrogen (secondary N) is 3. The van der Waals surface area contributed by atoms with Crippen LogP contribution in [0.2, 0.25) is 0 Å². The number of alkyl halides is 3. The molecule has 2 heterocycles. The van der Waals surface area contributed by atoms with Crippen molar-refractivity contribution in [1.29, 1.82) is 5.26 Å². The lowest BCUT2D eigenvalue weighted by Gasteiger charge is -2.37. The van der Waals surface area contributed by atoms with Gasteiger partial charge < -0.3 is 20.9 Å². The van der Waals surface area contributed by atoms with E-state index < -0.39 is 70.9 Å². The molecule has 222 valence electrons. The van der Waals surface area contributed by atoms with Crippen LogP contribution in [0.15, 0.2) is 12.1 Å². The van der Waals surface area contributed by atoms with Crippen molar-refractivity contribution in [3.8, 4) is 6.07 Å². The minimum atomic E-state index is -5.23. The van der Waals surface area contributed by atoms with Gasteiger partial charge in [0, 0.05) is 12.6 Å². The summed E-state index contributed by atoms with van der Waals surface area (Å²) in [7, 11) is 0.